The van der Waals surface area contributed by atoms with Crippen molar-refractivity contribution in [2.24, 2.45) is 5.73 Å². The van der Waals surface area contributed by atoms with Crippen molar-refractivity contribution in [3.8, 4) is 0 Å². The number of nitrogens with zero attached hydrogens (tertiary/aromatic N) is 2. The van der Waals surface area contributed by atoms with E-state index in [9.17, 15) is 0 Å². The highest BCUT2D eigenvalue weighted by Crippen LogP contribution is 2.22. The summed E-state index contributed by atoms with van der Waals surface area (Å²) in [7, 11) is 0. The largest absolute Gasteiger partial charge is 0.372 e. The molecule has 6 rings (SSSR count). The molecule has 5 atom stereocenters. The van der Waals surface area contributed by atoms with Crippen LogP contribution < -0.4 is 5.73 Å². The standard InChI is InChI=1S/C20H28N2O4.C3H7NO/c1-2-4-16(6-22(9-19-13-25-19)10-20-14-26-20)15(3-1)5-21(7-17-11-23-17)8-18-12-24-18;4-1-3-2-5-3/h1-4,17-20H,5-14H2;3H,1-2,4H2. The maximum absolute atomic E-state index is 5.46. The van der Waals surface area contributed by atoms with Crippen LogP contribution >= 0.6 is 0 Å². The SMILES string of the molecule is NCC1CO1.c1ccc(CN(CC2CO2)CC2CO2)c(CN(CC2CO2)CC2CO2)c1. The highest BCUT2D eigenvalue weighted by molar-refractivity contribution is 5.27. The molecule has 5 unspecified atom stereocenters. The van der Waals surface area contributed by atoms with E-state index in [0.29, 0.717) is 37.1 Å². The van der Waals surface area contributed by atoms with Crippen LogP contribution in [0.4, 0.5) is 0 Å². The number of nitrogens with two attached hydrogens (primary N) is 1. The van der Waals surface area contributed by atoms with Crippen molar-refractivity contribution in [3.05, 3.63) is 35.4 Å². The maximum Gasteiger partial charge on any atom is 0.0936 e. The number of benzene rings is 1. The van der Waals surface area contributed by atoms with Crippen LogP contribution in [0.1, 0.15) is 11.1 Å². The molecule has 2 N–H and O–H groups in total. The first-order valence-corrected chi connectivity index (χ1v) is 11.5. The highest BCUT2D eigenvalue weighted by Gasteiger charge is 2.32. The van der Waals surface area contributed by atoms with Crippen LogP contribution in [0.15, 0.2) is 24.3 Å². The van der Waals surface area contributed by atoms with Crippen LogP contribution in [0.5, 0.6) is 0 Å². The van der Waals surface area contributed by atoms with Crippen molar-refractivity contribution in [2.45, 2.75) is 43.6 Å². The van der Waals surface area contributed by atoms with Crippen LogP contribution in [0.3, 0.4) is 0 Å². The van der Waals surface area contributed by atoms with E-state index in [4.69, 9.17) is 29.4 Å². The zero-order valence-corrected chi connectivity index (χ0v) is 18.2. The Kier molecular flexibility index (Phi) is 7.17. The molecule has 1 aromatic rings. The molecule has 0 radical (unpaired) electrons. The second-order valence-corrected chi connectivity index (χ2v) is 9.17. The van der Waals surface area contributed by atoms with E-state index in [0.717, 1.165) is 72.3 Å². The fourth-order valence-electron chi connectivity index (χ4n) is 3.80. The van der Waals surface area contributed by atoms with E-state index in [1.54, 1.807) is 0 Å². The minimum absolute atomic E-state index is 0.412. The summed E-state index contributed by atoms with van der Waals surface area (Å²) in [6.07, 6.45) is 2.07. The van der Waals surface area contributed by atoms with E-state index in [-0.39, 0.29) is 0 Å². The first kappa shape index (κ1) is 21.7. The lowest BCUT2D eigenvalue weighted by atomic mass is 10.1. The van der Waals surface area contributed by atoms with Gasteiger partial charge in [-0.2, -0.15) is 0 Å². The van der Waals surface area contributed by atoms with Gasteiger partial charge in [0.1, 0.15) is 0 Å². The molecule has 5 aliphatic rings. The van der Waals surface area contributed by atoms with Gasteiger partial charge in [-0.1, -0.05) is 24.3 Å². The molecule has 0 aliphatic carbocycles. The number of hydrogen-bond acceptors (Lipinski definition) is 8. The summed E-state index contributed by atoms with van der Waals surface area (Å²) in [5, 5.41) is 0. The first-order chi connectivity index (χ1) is 15.2. The predicted molar refractivity (Wildman–Crippen MR) is 115 cm³/mol. The lowest BCUT2D eigenvalue weighted by molar-refractivity contribution is 0.203. The first-order valence-electron chi connectivity index (χ1n) is 11.5. The van der Waals surface area contributed by atoms with Gasteiger partial charge in [-0.25, -0.2) is 0 Å². The Bertz CT molecular complexity index is 621. The minimum Gasteiger partial charge on any atom is -0.372 e. The molecule has 1 aromatic carbocycles. The maximum atomic E-state index is 5.46. The molecule has 31 heavy (non-hydrogen) atoms. The van der Waals surface area contributed by atoms with Crippen molar-refractivity contribution in [2.75, 3.05) is 65.8 Å². The van der Waals surface area contributed by atoms with Gasteiger partial charge >= 0.3 is 0 Å². The molecule has 0 amide bonds. The van der Waals surface area contributed by atoms with E-state index in [1.165, 1.54) is 11.1 Å². The van der Waals surface area contributed by atoms with E-state index < -0.39 is 0 Å². The number of epoxide rings is 5. The molecule has 5 aliphatic heterocycles. The van der Waals surface area contributed by atoms with Crippen molar-refractivity contribution < 1.29 is 23.7 Å². The van der Waals surface area contributed by atoms with Gasteiger partial charge in [0.2, 0.25) is 0 Å². The molecular formula is C23H35N3O5. The molecular weight excluding hydrogens is 398 g/mol. The summed E-state index contributed by atoms with van der Waals surface area (Å²) in [6, 6.07) is 8.83. The zero-order valence-electron chi connectivity index (χ0n) is 18.2. The van der Waals surface area contributed by atoms with Crippen LogP contribution in [0.25, 0.3) is 0 Å². The summed E-state index contributed by atoms with van der Waals surface area (Å²) in [4.78, 5) is 4.99. The zero-order chi connectivity index (χ0) is 21.0. The topological polar surface area (TPSA) is 95.1 Å². The molecule has 5 saturated heterocycles. The van der Waals surface area contributed by atoms with Crippen LogP contribution in [-0.2, 0) is 36.8 Å². The summed E-state index contributed by atoms with van der Waals surface area (Å²) < 4.78 is 26.6. The van der Waals surface area contributed by atoms with Gasteiger partial charge in [0, 0.05) is 45.8 Å². The molecule has 8 heteroatoms. The Labute approximate surface area is 184 Å². The Morgan fingerprint density at radius 1 is 0.613 bits per heavy atom. The second-order valence-electron chi connectivity index (χ2n) is 9.17. The van der Waals surface area contributed by atoms with E-state index in [2.05, 4.69) is 34.1 Å². The lowest BCUT2D eigenvalue weighted by Gasteiger charge is -2.25. The van der Waals surface area contributed by atoms with Crippen molar-refractivity contribution >= 4 is 0 Å². The number of hydrogen-bond donors (Lipinski definition) is 1. The molecule has 8 nitrogen and oxygen atoms in total. The third-order valence-electron chi connectivity index (χ3n) is 6.03. The summed E-state index contributed by atoms with van der Waals surface area (Å²) >= 11 is 0. The summed E-state index contributed by atoms with van der Waals surface area (Å²) in [6.45, 7) is 11.1. The van der Waals surface area contributed by atoms with Gasteiger partial charge < -0.3 is 29.4 Å². The van der Waals surface area contributed by atoms with Gasteiger partial charge in [0.15, 0.2) is 0 Å². The Morgan fingerprint density at radius 2 is 0.935 bits per heavy atom. The minimum atomic E-state index is 0.412. The quantitative estimate of drug-likeness (QED) is 0.442. The van der Waals surface area contributed by atoms with Crippen LogP contribution in [0, 0.1) is 0 Å². The second kappa shape index (κ2) is 10.2. The summed E-state index contributed by atoms with van der Waals surface area (Å²) in [5.41, 5.74) is 7.93. The van der Waals surface area contributed by atoms with Gasteiger partial charge in [0.05, 0.1) is 63.6 Å². The number of ether oxygens (including phenoxy) is 5. The summed E-state index contributed by atoms with van der Waals surface area (Å²) in [5.74, 6) is 0. The molecule has 0 aromatic heterocycles. The average Bonchev–Trinajstić information content (AvgIpc) is 3.59. The van der Waals surface area contributed by atoms with Crippen molar-refractivity contribution in [1.29, 1.82) is 0 Å². The molecule has 172 valence electrons. The van der Waals surface area contributed by atoms with Gasteiger partial charge in [0.25, 0.3) is 0 Å². The Hall–Kier alpha value is -1.10. The van der Waals surface area contributed by atoms with Crippen LogP contribution in [0.2, 0.25) is 0 Å². The monoisotopic (exact) mass is 433 g/mol. The van der Waals surface area contributed by atoms with Crippen molar-refractivity contribution in [1.82, 2.24) is 9.80 Å². The lowest BCUT2D eigenvalue weighted by Crippen LogP contribution is -2.33. The van der Waals surface area contributed by atoms with Gasteiger partial charge in [-0.05, 0) is 11.1 Å². The number of rotatable bonds is 13. The highest BCUT2D eigenvalue weighted by atomic mass is 16.6. The molecule has 5 heterocycles. The molecule has 5 fully saturated rings. The fraction of sp³-hybridized carbons (Fsp3) is 0.739. The Morgan fingerprint density at radius 3 is 1.16 bits per heavy atom. The van der Waals surface area contributed by atoms with E-state index >= 15 is 0 Å². The van der Waals surface area contributed by atoms with Crippen LogP contribution in [-0.4, -0.2) is 106 Å². The van der Waals surface area contributed by atoms with Gasteiger partial charge in [-0.15, -0.1) is 0 Å². The Balaban J connectivity index is 0.000000361. The third kappa shape index (κ3) is 8.07. The van der Waals surface area contributed by atoms with Gasteiger partial charge in [-0.3, -0.25) is 9.80 Å². The smallest absolute Gasteiger partial charge is 0.0936 e. The van der Waals surface area contributed by atoms with E-state index in [1.807, 2.05) is 0 Å². The average molecular weight is 434 g/mol. The normalized spacial score (nSPS) is 31.9. The predicted octanol–water partition coefficient (Wildman–Crippen LogP) is 0.230. The third-order valence-corrected chi connectivity index (χ3v) is 6.03. The molecule has 0 bridgehead atoms. The fourth-order valence-corrected chi connectivity index (χ4v) is 3.80. The molecule has 0 saturated carbocycles. The van der Waals surface area contributed by atoms with Crippen molar-refractivity contribution in [3.63, 3.8) is 0 Å². The molecule has 0 spiro atoms.